The van der Waals surface area contributed by atoms with Gasteiger partial charge in [-0.1, -0.05) is 41.9 Å². The number of likely N-dealkylation sites (N-methyl/N-ethyl adjacent to an activating group) is 1. The highest BCUT2D eigenvalue weighted by molar-refractivity contribution is 7.90. The first kappa shape index (κ1) is 25.5. The summed E-state index contributed by atoms with van der Waals surface area (Å²) in [7, 11) is -0.289. The molecule has 0 aliphatic rings. The number of carbonyl (C=O) groups is 2. The number of methoxy groups -OCH3 is 1. The largest absolute Gasteiger partial charge is 0.496 e. The minimum absolute atomic E-state index is 0.0230. The molecule has 0 fully saturated rings. The summed E-state index contributed by atoms with van der Waals surface area (Å²) >= 11 is 6.05. The molecule has 8 nitrogen and oxygen atoms in total. The van der Waals surface area contributed by atoms with Gasteiger partial charge in [-0.3, -0.25) is 4.79 Å². The Morgan fingerprint density at radius 1 is 1.16 bits per heavy atom. The number of benzene rings is 2. The molecule has 0 spiro atoms. The van der Waals surface area contributed by atoms with Crippen LogP contribution in [0.3, 0.4) is 0 Å². The predicted octanol–water partition coefficient (Wildman–Crippen LogP) is 3.04. The number of halogens is 1. The Kier molecular flexibility index (Phi) is 9.34. The fraction of sp³-hybridized carbons (Fsp3) is 0.364. The van der Waals surface area contributed by atoms with Crippen molar-refractivity contribution >= 4 is 33.4 Å². The smallest absolute Gasteiger partial charge is 0.408 e. The number of ether oxygens (including phenoxy) is 2. The van der Waals surface area contributed by atoms with Crippen LogP contribution in [0.15, 0.2) is 48.5 Å². The van der Waals surface area contributed by atoms with Gasteiger partial charge in [0, 0.05) is 30.4 Å². The molecule has 10 heteroatoms. The van der Waals surface area contributed by atoms with E-state index in [1.54, 1.807) is 37.4 Å². The summed E-state index contributed by atoms with van der Waals surface area (Å²) in [6.07, 6.45) is 0.173. The summed E-state index contributed by atoms with van der Waals surface area (Å²) in [6, 6.07) is 13.0. The average Bonchev–Trinajstić information content (AvgIpc) is 2.75. The molecule has 0 aliphatic carbocycles. The number of nitrogens with zero attached hydrogens (tertiary/aromatic N) is 1. The lowest BCUT2D eigenvalue weighted by Crippen LogP contribution is -2.48. The molecule has 1 N–H and O–H groups in total. The fourth-order valence-corrected chi connectivity index (χ4v) is 3.83. The van der Waals surface area contributed by atoms with Gasteiger partial charge in [-0.25, -0.2) is 13.2 Å². The van der Waals surface area contributed by atoms with Gasteiger partial charge >= 0.3 is 6.09 Å². The third-order valence-corrected chi connectivity index (χ3v) is 5.82. The second-order valence-corrected chi connectivity index (χ2v) is 10.0. The molecular weight excluding hydrogens is 456 g/mol. The van der Waals surface area contributed by atoms with Gasteiger partial charge in [-0.05, 0) is 30.2 Å². The zero-order valence-electron chi connectivity index (χ0n) is 18.2. The molecule has 32 heavy (non-hydrogen) atoms. The Labute approximate surface area is 193 Å². The zero-order valence-corrected chi connectivity index (χ0v) is 19.8. The summed E-state index contributed by atoms with van der Waals surface area (Å²) in [5.74, 6) is -0.180. The van der Waals surface area contributed by atoms with Crippen LogP contribution < -0.4 is 10.1 Å². The highest BCUT2D eigenvalue weighted by atomic mass is 35.5. The summed E-state index contributed by atoms with van der Waals surface area (Å²) in [4.78, 5) is 26.7. The van der Waals surface area contributed by atoms with Crippen molar-refractivity contribution in [2.75, 3.05) is 26.2 Å². The number of sulfone groups is 1. The third kappa shape index (κ3) is 8.39. The molecule has 0 heterocycles. The van der Waals surface area contributed by atoms with Gasteiger partial charge in [0.25, 0.3) is 0 Å². The number of hydrogen-bond donors (Lipinski definition) is 1. The van der Waals surface area contributed by atoms with E-state index in [4.69, 9.17) is 21.1 Å². The van der Waals surface area contributed by atoms with E-state index < -0.39 is 27.9 Å². The van der Waals surface area contributed by atoms with Gasteiger partial charge in [0.05, 0.1) is 12.9 Å². The van der Waals surface area contributed by atoms with Crippen molar-refractivity contribution in [2.45, 2.75) is 25.6 Å². The number of rotatable bonds is 10. The Hall–Kier alpha value is -2.78. The van der Waals surface area contributed by atoms with Gasteiger partial charge in [-0.2, -0.15) is 0 Å². The summed E-state index contributed by atoms with van der Waals surface area (Å²) in [5, 5.41) is 2.98. The minimum atomic E-state index is -3.34. The Bertz CT molecular complexity index is 1030. The van der Waals surface area contributed by atoms with Crippen LogP contribution in [0, 0.1) is 0 Å². The standard InChI is InChI=1S/C22H27ClN2O6S/c1-25(14-17-13-18(23)9-10-20(17)30-2)21(26)19(11-12-32(3,28)29)24-22(27)31-15-16-7-5-4-6-8-16/h4-10,13,19H,11-12,14-15H2,1-3H3,(H,24,27). The monoisotopic (exact) mass is 482 g/mol. The maximum atomic E-state index is 13.0. The molecule has 2 rings (SSSR count). The van der Waals surface area contributed by atoms with E-state index in [2.05, 4.69) is 5.32 Å². The molecule has 0 bridgehead atoms. The molecule has 0 aliphatic heterocycles. The molecule has 0 radical (unpaired) electrons. The summed E-state index contributed by atoms with van der Waals surface area (Å²) in [5.41, 5.74) is 1.45. The van der Waals surface area contributed by atoms with Crippen molar-refractivity contribution in [3.8, 4) is 5.75 Å². The van der Waals surface area contributed by atoms with Crippen LogP contribution in [0.5, 0.6) is 5.75 Å². The topological polar surface area (TPSA) is 102 Å². The van der Waals surface area contributed by atoms with Crippen LogP contribution in [0.25, 0.3) is 0 Å². The van der Waals surface area contributed by atoms with Crippen LogP contribution in [-0.4, -0.2) is 57.5 Å². The number of nitrogens with one attached hydrogen (secondary N) is 1. The normalized spacial score (nSPS) is 12.0. The van der Waals surface area contributed by atoms with Crippen LogP contribution in [0.2, 0.25) is 5.02 Å². The minimum Gasteiger partial charge on any atom is -0.496 e. The van der Waals surface area contributed by atoms with E-state index in [0.717, 1.165) is 11.8 Å². The van der Waals surface area contributed by atoms with E-state index in [1.165, 1.54) is 12.0 Å². The number of hydrogen-bond acceptors (Lipinski definition) is 6. The number of amides is 2. The molecule has 174 valence electrons. The van der Waals surface area contributed by atoms with Gasteiger partial charge < -0.3 is 19.7 Å². The molecule has 0 aromatic heterocycles. The van der Waals surface area contributed by atoms with Gasteiger partial charge in [0.15, 0.2) is 0 Å². The van der Waals surface area contributed by atoms with E-state index in [1.807, 2.05) is 18.2 Å². The van der Waals surface area contributed by atoms with Crippen molar-refractivity contribution in [1.29, 1.82) is 0 Å². The van der Waals surface area contributed by atoms with Gasteiger partial charge in [-0.15, -0.1) is 0 Å². The summed E-state index contributed by atoms with van der Waals surface area (Å²) < 4.78 is 33.8. The second kappa shape index (κ2) is 11.7. The number of carbonyl (C=O) groups excluding carboxylic acids is 2. The lowest BCUT2D eigenvalue weighted by atomic mass is 10.1. The Morgan fingerprint density at radius 2 is 1.84 bits per heavy atom. The molecule has 2 aromatic rings. The van der Waals surface area contributed by atoms with E-state index in [9.17, 15) is 18.0 Å². The molecule has 2 amide bonds. The van der Waals surface area contributed by atoms with E-state index >= 15 is 0 Å². The first-order valence-electron chi connectivity index (χ1n) is 9.81. The molecule has 0 saturated heterocycles. The van der Waals surface area contributed by atoms with Crippen molar-refractivity contribution < 1.29 is 27.5 Å². The zero-order chi connectivity index (χ0) is 23.7. The number of alkyl carbamates (subject to hydrolysis) is 1. The molecule has 1 unspecified atom stereocenters. The highest BCUT2D eigenvalue weighted by Crippen LogP contribution is 2.24. The fourth-order valence-electron chi connectivity index (χ4n) is 2.97. The van der Waals surface area contributed by atoms with Crippen LogP contribution >= 0.6 is 11.6 Å². The van der Waals surface area contributed by atoms with E-state index in [-0.39, 0.29) is 25.3 Å². The van der Waals surface area contributed by atoms with Crippen molar-refractivity contribution in [3.63, 3.8) is 0 Å². The van der Waals surface area contributed by atoms with Crippen LogP contribution in [0.1, 0.15) is 17.5 Å². The van der Waals surface area contributed by atoms with E-state index in [0.29, 0.717) is 16.3 Å². The van der Waals surface area contributed by atoms with Crippen LogP contribution in [-0.2, 0) is 32.5 Å². The third-order valence-electron chi connectivity index (χ3n) is 4.61. The highest BCUT2D eigenvalue weighted by Gasteiger charge is 2.26. The van der Waals surface area contributed by atoms with Gasteiger partial charge in [0.2, 0.25) is 5.91 Å². The van der Waals surface area contributed by atoms with Crippen molar-refractivity contribution in [2.24, 2.45) is 0 Å². The lowest BCUT2D eigenvalue weighted by molar-refractivity contribution is -0.132. The molecule has 0 saturated carbocycles. The average molecular weight is 483 g/mol. The lowest BCUT2D eigenvalue weighted by Gasteiger charge is -2.25. The first-order valence-corrected chi connectivity index (χ1v) is 12.2. The Balaban J connectivity index is 2.09. The first-order chi connectivity index (χ1) is 15.1. The van der Waals surface area contributed by atoms with Crippen molar-refractivity contribution in [3.05, 3.63) is 64.7 Å². The second-order valence-electron chi connectivity index (χ2n) is 7.33. The molecule has 2 aromatic carbocycles. The maximum Gasteiger partial charge on any atom is 0.408 e. The maximum absolute atomic E-state index is 13.0. The SMILES string of the molecule is COc1ccc(Cl)cc1CN(C)C(=O)C(CCS(C)(=O)=O)NC(=O)OCc1ccccc1. The Morgan fingerprint density at radius 3 is 2.47 bits per heavy atom. The molecule has 1 atom stereocenters. The molecular formula is C22H27ClN2O6S. The van der Waals surface area contributed by atoms with Gasteiger partial charge in [0.1, 0.15) is 28.2 Å². The quantitative estimate of drug-likeness (QED) is 0.558. The predicted molar refractivity (Wildman–Crippen MR) is 122 cm³/mol. The van der Waals surface area contributed by atoms with Crippen LogP contribution in [0.4, 0.5) is 4.79 Å². The summed E-state index contributed by atoms with van der Waals surface area (Å²) in [6.45, 7) is 0.175. The van der Waals surface area contributed by atoms with Crippen molar-refractivity contribution in [1.82, 2.24) is 10.2 Å².